The number of esters is 1. The maximum Gasteiger partial charge on any atom is 0.303 e. The van der Waals surface area contributed by atoms with Gasteiger partial charge in [-0.25, -0.2) is 4.39 Å². The van der Waals surface area contributed by atoms with Crippen LogP contribution in [0, 0.1) is 34.5 Å². The molecule has 162 valence electrons. The highest BCUT2D eigenvalue weighted by Gasteiger charge is 2.63. The molecule has 0 heterocycles. The van der Waals surface area contributed by atoms with Crippen LogP contribution in [0.3, 0.4) is 0 Å². The number of alkyl halides is 1. The van der Waals surface area contributed by atoms with Gasteiger partial charge < -0.3 is 4.74 Å². The quantitative estimate of drug-likeness (QED) is 0.636. The first-order valence-corrected chi connectivity index (χ1v) is 10.9. The summed E-state index contributed by atoms with van der Waals surface area (Å²) in [5.41, 5.74) is 1.52. The lowest BCUT2D eigenvalue weighted by molar-refractivity contribution is -0.148. The van der Waals surface area contributed by atoms with Crippen molar-refractivity contribution in [3.63, 3.8) is 0 Å². The van der Waals surface area contributed by atoms with E-state index in [-0.39, 0.29) is 41.3 Å². The van der Waals surface area contributed by atoms with Crippen molar-refractivity contribution in [2.45, 2.75) is 59.0 Å². The minimum absolute atomic E-state index is 0.0238. The molecule has 0 spiro atoms. The molecule has 3 fully saturated rings. The molecule has 0 aliphatic heterocycles. The van der Waals surface area contributed by atoms with E-state index >= 15 is 4.39 Å². The molecule has 0 amide bonds. The summed E-state index contributed by atoms with van der Waals surface area (Å²) in [7, 11) is 0. The van der Waals surface area contributed by atoms with Gasteiger partial charge in [-0.05, 0) is 77.1 Å². The second-order valence-electron chi connectivity index (χ2n) is 10.2. The lowest BCUT2D eigenvalue weighted by Crippen LogP contribution is -2.54. The van der Waals surface area contributed by atoms with Crippen LogP contribution in [0.2, 0.25) is 0 Å². The molecule has 0 aromatic carbocycles. The van der Waals surface area contributed by atoms with Crippen molar-refractivity contribution in [3.8, 4) is 0 Å². The number of carbonyl (C=O) groups excluding carboxylic acids is 3. The van der Waals surface area contributed by atoms with Gasteiger partial charge in [-0.2, -0.15) is 0 Å². The van der Waals surface area contributed by atoms with Crippen molar-refractivity contribution in [1.29, 1.82) is 0 Å². The number of hydrogen-bond donors (Lipinski definition) is 0. The summed E-state index contributed by atoms with van der Waals surface area (Å²) < 4.78 is 20.4. The predicted octanol–water partition coefficient (Wildman–Crippen LogP) is 4.55. The van der Waals surface area contributed by atoms with E-state index < -0.39 is 23.5 Å². The lowest BCUT2D eigenvalue weighted by Gasteiger charge is -2.58. The summed E-state index contributed by atoms with van der Waals surface area (Å²) >= 11 is 0. The molecule has 5 heteroatoms. The molecule has 0 saturated heterocycles. The van der Waals surface area contributed by atoms with Gasteiger partial charge >= 0.3 is 5.97 Å². The Morgan fingerprint density at radius 2 is 1.93 bits per heavy atom. The summed E-state index contributed by atoms with van der Waals surface area (Å²) in [4.78, 5) is 36.2. The van der Waals surface area contributed by atoms with Crippen molar-refractivity contribution < 1.29 is 23.5 Å². The number of hydrogen-bond acceptors (Lipinski definition) is 4. The van der Waals surface area contributed by atoms with E-state index in [9.17, 15) is 14.4 Å². The lowest BCUT2D eigenvalue weighted by atomic mass is 9.46. The Labute approximate surface area is 177 Å². The highest BCUT2D eigenvalue weighted by Crippen LogP contribution is 2.68. The summed E-state index contributed by atoms with van der Waals surface area (Å²) in [5.74, 6) is -0.765. The van der Waals surface area contributed by atoms with E-state index in [0.717, 1.165) is 18.4 Å². The Kier molecular flexibility index (Phi) is 4.94. The third kappa shape index (κ3) is 2.88. The summed E-state index contributed by atoms with van der Waals surface area (Å²) in [6, 6.07) is 0. The van der Waals surface area contributed by atoms with Gasteiger partial charge in [0.15, 0.2) is 18.2 Å². The van der Waals surface area contributed by atoms with E-state index in [0.29, 0.717) is 30.4 Å². The minimum Gasteiger partial charge on any atom is -0.458 e. The fourth-order valence-electron chi connectivity index (χ4n) is 7.38. The fourth-order valence-corrected chi connectivity index (χ4v) is 7.38. The van der Waals surface area contributed by atoms with Gasteiger partial charge in [0.1, 0.15) is 6.17 Å². The number of carbonyl (C=O) groups is 3. The monoisotopic (exact) mass is 414 g/mol. The number of rotatable bonds is 3. The summed E-state index contributed by atoms with van der Waals surface area (Å²) in [6.07, 6.45) is 3.62. The van der Waals surface area contributed by atoms with Gasteiger partial charge in [-0.15, -0.1) is 0 Å². The second kappa shape index (κ2) is 7.00. The summed E-state index contributed by atoms with van der Waals surface area (Å²) in [6.45, 7) is 13.7. The third-order valence-electron chi connectivity index (χ3n) is 8.69. The number of fused-ring (bicyclic) bond motifs is 5. The minimum atomic E-state index is -1.14. The molecular formula is C25H31FO4. The summed E-state index contributed by atoms with van der Waals surface area (Å²) in [5, 5.41) is 0. The van der Waals surface area contributed by atoms with Crippen LogP contribution in [-0.2, 0) is 19.1 Å². The topological polar surface area (TPSA) is 60.4 Å². The molecule has 0 N–H and O–H groups in total. The molecule has 1 unspecified atom stereocenters. The molecule has 4 aliphatic rings. The zero-order valence-corrected chi connectivity index (χ0v) is 18.1. The van der Waals surface area contributed by atoms with Gasteiger partial charge in [0.05, 0.1) is 5.92 Å². The van der Waals surface area contributed by atoms with Gasteiger partial charge in [0.2, 0.25) is 0 Å². The molecular weight excluding hydrogens is 383 g/mol. The normalized spacial score (nSPS) is 42.7. The van der Waals surface area contributed by atoms with Crippen molar-refractivity contribution in [2.24, 2.45) is 34.5 Å². The number of halogens is 1. The Morgan fingerprint density at radius 3 is 2.60 bits per heavy atom. The first kappa shape index (κ1) is 21.2. The Balaban J connectivity index is 1.69. The first-order chi connectivity index (χ1) is 14.0. The molecule has 4 nitrogen and oxygen atoms in total. The second-order valence-corrected chi connectivity index (χ2v) is 10.2. The van der Waals surface area contributed by atoms with Gasteiger partial charge in [-0.1, -0.05) is 27.0 Å². The fraction of sp³-hybridized carbons (Fsp3) is 0.640. The molecule has 7 atom stereocenters. The van der Waals surface area contributed by atoms with Crippen LogP contribution >= 0.6 is 0 Å². The third-order valence-corrected chi connectivity index (χ3v) is 8.69. The number of Topliss-reactive ketones (excluding diaryl/α,β-unsaturated/α-hetero) is 1. The van der Waals surface area contributed by atoms with Gasteiger partial charge in [0, 0.05) is 13.3 Å². The smallest absolute Gasteiger partial charge is 0.303 e. The van der Waals surface area contributed by atoms with Crippen LogP contribution in [0.4, 0.5) is 4.39 Å². The van der Waals surface area contributed by atoms with Crippen LogP contribution in [0.15, 0.2) is 36.0 Å². The number of ether oxygens (including phenoxy) is 1. The molecule has 30 heavy (non-hydrogen) atoms. The molecule has 4 rings (SSSR count). The average Bonchev–Trinajstić information content (AvgIpc) is 2.87. The molecule has 4 aliphatic carbocycles. The predicted molar refractivity (Wildman–Crippen MR) is 111 cm³/mol. The van der Waals surface area contributed by atoms with Crippen molar-refractivity contribution in [3.05, 3.63) is 36.0 Å². The van der Waals surface area contributed by atoms with Gasteiger partial charge in [-0.3, -0.25) is 14.4 Å². The van der Waals surface area contributed by atoms with Crippen LogP contribution in [0.1, 0.15) is 52.9 Å². The zero-order chi connectivity index (χ0) is 22.0. The maximum atomic E-state index is 15.4. The standard InChI is InChI=1S/C25H31FO4/c1-13-14(2)23(21(29)12-30-15(3)27)25(5)9-7-18-17(22(13)25)11-20(26)19-10-16(28)6-8-24(18,19)4/h10,17-18,20,22-23H,1-2,6-9,11-12H2,3-5H3/t17-,18+,20?,22+,23-,24-,25+/m1/s1. The molecule has 0 bridgehead atoms. The number of allylic oxidation sites excluding steroid dienone is 3. The Morgan fingerprint density at radius 1 is 1.23 bits per heavy atom. The zero-order valence-electron chi connectivity index (χ0n) is 18.1. The van der Waals surface area contributed by atoms with Crippen LogP contribution in [0.25, 0.3) is 0 Å². The van der Waals surface area contributed by atoms with E-state index in [1.165, 1.54) is 6.92 Å². The van der Waals surface area contributed by atoms with Crippen molar-refractivity contribution in [2.75, 3.05) is 6.61 Å². The van der Waals surface area contributed by atoms with Crippen LogP contribution < -0.4 is 0 Å². The van der Waals surface area contributed by atoms with E-state index in [4.69, 9.17) is 4.74 Å². The Bertz CT molecular complexity index is 886. The molecule has 0 aromatic heterocycles. The number of ketones is 2. The van der Waals surface area contributed by atoms with Crippen molar-refractivity contribution >= 4 is 17.5 Å². The van der Waals surface area contributed by atoms with Crippen LogP contribution in [0.5, 0.6) is 0 Å². The Hall–Kier alpha value is -2.04. The van der Waals surface area contributed by atoms with E-state index in [2.05, 4.69) is 27.0 Å². The van der Waals surface area contributed by atoms with Gasteiger partial charge in [0.25, 0.3) is 0 Å². The average molecular weight is 415 g/mol. The maximum absolute atomic E-state index is 15.4. The van der Waals surface area contributed by atoms with E-state index in [1.54, 1.807) is 6.08 Å². The highest BCUT2D eigenvalue weighted by molar-refractivity contribution is 5.92. The highest BCUT2D eigenvalue weighted by atomic mass is 19.1. The van der Waals surface area contributed by atoms with Crippen molar-refractivity contribution in [1.82, 2.24) is 0 Å². The SMILES string of the molecule is C=C1C(=C)[C@H]2[C@@H]3CC(F)C4=CC(=O)CC[C@]4(C)[C@H]3CC[C@]2(C)[C@H]1C(=O)COC(C)=O. The van der Waals surface area contributed by atoms with E-state index in [1.807, 2.05) is 0 Å². The molecule has 3 saturated carbocycles. The van der Waals surface area contributed by atoms with Crippen LogP contribution in [-0.4, -0.2) is 30.3 Å². The largest absolute Gasteiger partial charge is 0.458 e. The first-order valence-electron chi connectivity index (χ1n) is 10.9. The molecule has 0 radical (unpaired) electrons. The molecule has 0 aromatic rings.